The molecule has 0 radical (unpaired) electrons. The van der Waals surface area contributed by atoms with Crippen molar-refractivity contribution in [3.05, 3.63) is 71.9 Å². The summed E-state index contributed by atoms with van der Waals surface area (Å²) < 4.78 is 0. The maximum absolute atomic E-state index is 4.43. The van der Waals surface area contributed by atoms with Gasteiger partial charge in [0.25, 0.3) is 0 Å². The second kappa shape index (κ2) is 7.82. The fraction of sp³-hybridized carbons (Fsp3) is 0.400. The summed E-state index contributed by atoms with van der Waals surface area (Å²) in [6, 6.07) is 18.4. The van der Waals surface area contributed by atoms with Crippen LogP contribution in [0.2, 0.25) is 0 Å². The molecular formula is C25H30N2. The third-order valence-electron chi connectivity index (χ3n) is 6.06. The fourth-order valence-electron chi connectivity index (χ4n) is 4.13. The molecule has 4 rings (SSSR count). The molecule has 0 saturated heterocycles. The molecule has 140 valence electrons. The van der Waals surface area contributed by atoms with Gasteiger partial charge in [-0.2, -0.15) is 0 Å². The van der Waals surface area contributed by atoms with Gasteiger partial charge in [-0.1, -0.05) is 62.4 Å². The lowest BCUT2D eigenvalue weighted by Crippen LogP contribution is -2.35. The predicted octanol–water partition coefficient (Wildman–Crippen LogP) is 6.12. The Morgan fingerprint density at radius 3 is 2.41 bits per heavy atom. The van der Waals surface area contributed by atoms with E-state index in [0.717, 1.165) is 18.7 Å². The average molecular weight is 359 g/mol. The van der Waals surface area contributed by atoms with E-state index in [1.807, 2.05) is 6.20 Å². The molecule has 27 heavy (non-hydrogen) atoms. The van der Waals surface area contributed by atoms with E-state index in [0.29, 0.717) is 11.5 Å². The quantitative estimate of drug-likeness (QED) is 0.684. The first-order valence-electron chi connectivity index (χ1n) is 10.2. The number of aliphatic imine (C=N–C) groups is 1. The number of hydrogen-bond donors (Lipinski definition) is 1. The average Bonchev–Trinajstić information content (AvgIpc) is 3.22. The fourth-order valence-corrected chi connectivity index (χ4v) is 4.13. The third kappa shape index (κ3) is 4.56. The van der Waals surface area contributed by atoms with Crippen LogP contribution in [0.3, 0.4) is 0 Å². The molecule has 0 spiro atoms. The van der Waals surface area contributed by atoms with E-state index in [9.17, 15) is 0 Å². The monoisotopic (exact) mass is 358 g/mol. The highest BCUT2D eigenvalue weighted by Crippen LogP contribution is 2.35. The van der Waals surface area contributed by atoms with E-state index >= 15 is 0 Å². The zero-order valence-corrected chi connectivity index (χ0v) is 16.5. The van der Waals surface area contributed by atoms with Crippen LogP contribution in [0.1, 0.15) is 57.1 Å². The van der Waals surface area contributed by atoms with Gasteiger partial charge in [0.2, 0.25) is 0 Å². The van der Waals surface area contributed by atoms with E-state index in [1.54, 1.807) is 0 Å². The van der Waals surface area contributed by atoms with Gasteiger partial charge >= 0.3 is 0 Å². The lowest BCUT2D eigenvalue weighted by atomic mass is 9.75. The Kier molecular flexibility index (Phi) is 5.27. The summed E-state index contributed by atoms with van der Waals surface area (Å²) in [6.45, 7) is 5.75. The number of nitrogens with one attached hydrogen (secondary N) is 1. The van der Waals surface area contributed by atoms with Gasteiger partial charge in [-0.3, -0.25) is 4.99 Å². The van der Waals surface area contributed by atoms with Crippen molar-refractivity contribution in [2.75, 3.05) is 0 Å². The minimum atomic E-state index is 0.532. The second-order valence-corrected chi connectivity index (χ2v) is 8.76. The molecular weight excluding hydrogens is 328 g/mol. The first-order chi connectivity index (χ1) is 13.1. The Morgan fingerprint density at radius 1 is 0.963 bits per heavy atom. The molecule has 1 fully saturated rings. The van der Waals surface area contributed by atoms with Crippen molar-refractivity contribution in [3.8, 4) is 11.1 Å². The number of hydrogen-bond acceptors (Lipinski definition) is 2. The number of nitrogens with zero attached hydrogens (tertiary/aromatic N) is 1. The highest BCUT2D eigenvalue weighted by Gasteiger charge is 2.26. The maximum Gasteiger partial charge on any atom is 0.0513 e. The molecule has 2 aromatic rings. The van der Waals surface area contributed by atoms with Crippen molar-refractivity contribution in [3.63, 3.8) is 0 Å². The topological polar surface area (TPSA) is 24.4 Å². The molecule has 2 heteroatoms. The van der Waals surface area contributed by atoms with Crippen LogP contribution in [-0.4, -0.2) is 11.8 Å². The van der Waals surface area contributed by atoms with Crippen molar-refractivity contribution < 1.29 is 0 Å². The summed E-state index contributed by atoms with van der Waals surface area (Å²) in [5, 5.41) is 3.78. The van der Waals surface area contributed by atoms with E-state index in [-0.39, 0.29) is 0 Å². The summed E-state index contributed by atoms with van der Waals surface area (Å²) >= 11 is 0. The molecule has 1 aliphatic heterocycles. The number of rotatable bonds is 5. The minimum absolute atomic E-state index is 0.532. The molecule has 0 bridgehead atoms. The lowest BCUT2D eigenvalue weighted by Gasteiger charge is -2.34. The van der Waals surface area contributed by atoms with Gasteiger partial charge in [-0.05, 0) is 59.4 Å². The van der Waals surface area contributed by atoms with Gasteiger partial charge in [0.15, 0.2) is 0 Å². The molecule has 0 amide bonds. The highest BCUT2D eigenvalue weighted by atomic mass is 14.9. The first kappa shape index (κ1) is 18.2. The van der Waals surface area contributed by atoms with E-state index < -0.39 is 0 Å². The number of benzene rings is 2. The standard InChI is InChI=1S/C25H30N2/c1-25(2)14-12-23(13-15-25)27-18-19-5-3-6-22(17-19)20-8-10-21(11-9-20)24-7-4-16-26-24/h3-6,8-11,16-17,23,27H,7,12-15,18H2,1-2H3. The van der Waals surface area contributed by atoms with Gasteiger partial charge in [0, 0.05) is 25.2 Å². The summed E-state index contributed by atoms with van der Waals surface area (Å²) in [4.78, 5) is 4.43. The highest BCUT2D eigenvalue weighted by molar-refractivity contribution is 6.03. The zero-order valence-electron chi connectivity index (χ0n) is 16.5. The minimum Gasteiger partial charge on any atom is -0.310 e. The van der Waals surface area contributed by atoms with Gasteiger partial charge in [0.05, 0.1) is 5.71 Å². The van der Waals surface area contributed by atoms with Crippen molar-refractivity contribution in [1.29, 1.82) is 0 Å². The van der Waals surface area contributed by atoms with E-state index in [1.165, 1.54) is 47.9 Å². The smallest absolute Gasteiger partial charge is 0.0513 e. The molecule has 2 aromatic carbocycles. The van der Waals surface area contributed by atoms with Crippen LogP contribution < -0.4 is 5.32 Å². The SMILES string of the molecule is CC1(C)CCC(NCc2cccc(-c3ccc(C4=NC=CC4)cc3)c2)CC1. The summed E-state index contributed by atoms with van der Waals surface area (Å²) in [5.41, 5.74) is 6.84. The molecule has 0 unspecified atom stereocenters. The molecule has 2 nitrogen and oxygen atoms in total. The van der Waals surface area contributed by atoms with Crippen molar-refractivity contribution in [2.24, 2.45) is 10.4 Å². The number of allylic oxidation sites excluding steroid dienone is 1. The zero-order chi connectivity index (χ0) is 18.7. The molecule has 1 heterocycles. The summed E-state index contributed by atoms with van der Waals surface area (Å²) in [7, 11) is 0. The van der Waals surface area contributed by atoms with Gasteiger partial charge in [-0.25, -0.2) is 0 Å². The third-order valence-corrected chi connectivity index (χ3v) is 6.06. The normalized spacial score (nSPS) is 19.3. The van der Waals surface area contributed by atoms with Crippen LogP contribution in [0, 0.1) is 5.41 Å². The molecule has 1 N–H and O–H groups in total. The Balaban J connectivity index is 1.39. The van der Waals surface area contributed by atoms with Crippen LogP contribution in [0.5, 0.6) is 0 Å². The summed E-state index contributed by atoms with van der Waals surface area (Å²) in [6.07, 6.45) is 10.2. The molecule has 0 atom stereocenters. The van der Waals surface area contributed by atoms with Crippen LogP contribution in [-0.2, 0) is 6.54 Å². The Bertz CT molecular complexity index is 833. The van der Waals surface area contributed by atoms with Gasteiger partial charge < -0.3 is 5.32 Å². The van der Waals surface area contributed by atoms with Crippen LogP contribution in [0.15, 0.2) is 65.8 Å². The Morgan fingerprint density at radius 2 is 1.70 bits per heavy atom. The maximum atomic E-state index is 4.43. The molecule has 0 aromatic heterocycles. The second-order valence-electron chi connectivity index (χ2n) is 8.76. The Hall–Kier alpha value is -2.19. The van der Waals surface area contributed by atoms with E-state index in [4.69, 9.17) is 0 Å². The molecule has 2 aliphatic rings. The van der Waals surface area contributed by atoms with Crippen molar-refractivity contribution in [2.45, 2.75) is 58.5 Å². The molecule has 1 aliphatic carbocycles. The van der Waals surface area contributed by atoms with Crippen molar-refractivity contribution in [1.82, 2.24) is 5.32 Å². The van der Waals surface area contributed by atoms with E-state index in [2.05, 4.69) is 78.8 Å². The van der Waals surface area contributed by atoms with Crippen molar-refractivity contribution >= 4 is 5.71 Å². The summed E-state index contributed by atoms with van der Waals surface area (Å²) in [5.74, 6) is 0. The Labute approximate surface area is 163 Å². The van der Waals surface area contributed by atoms with Gasteiger partial charge in [-0.15, -0.1) is 0 Å². The largest absolute Gasteiger partial charge is 0.310 e. The molecule has 1 saturated carbocycles. The van der Waals surface area contributed by atoms with Crippen LogP contribution in [0.4, 0.5) is 0 Å². The first-order valence-corrected chi connectivity index (χ1v) is 10.2. The van der Waals surface area contributed by atoms with Gasteiger partial charge in [0.1, 0.15) is 0 Å². The van der Waals surface area contributed by atoms with Crippen LogP contribution >= 0.6 is 0 Å². The van der Waals surface area contributed by atoms with Crippen LogP contribution in [0.25, 0.3) is 11.1 Å². The lowest BCUT2D eigenvalue weighted by molar-refractivity contribution is 0.206. The predicted molar refractivity (Wildman–Crippen MR) is 115 cm³/mol.